The van der Waals surface area contributed by atoms with Gasteiger partial charge in [-0.1, -0.05) is 19.3 Å². The Hall–Kier alpha value is -1.36. The molecule has 0 atom stereocenters. The van der Waals surface area contributed by atoms with Gasteiger partial charge in [-0.2, -0.15) is 0 Å². The molecule has 1 aliphatic rings. The monoisotopic (exact) mass is 354 g/mol. The summed E-state index contributed by atoms with van der Waals surface area (Å²) in [6.45, 7) is 2.09. The molecule has 0 aromatic heterocycles. The molecule has 1 aromatic rings. The van der Waals surface area contributed by atoms with Crippen molar-refractivity contribution in [1.29, 1.82) is 0 Å². The van der Waals surface area contributed by atoms with Gasteiger partial charge in [-0.15, -0.1) is 0 Å². The maximum absolute atomic E-state index is 12.1. The summed E-state index contributed by atoms with van der Waals surface area (Å²) in [5, 5.41) is 0. The van der Waals surface area contributed by atoms with Gasteiger partial charge in [-0.05, 0) is 53.9 Å². The maximum Gasteiger partial charge on any atom is 0.338 e. The van der Waals surface area contributed by atoms with E-state index in [0.717, 1.165) is 25.7 Å². The summed E-state index contributed by atoms with van der Waals surface area (Å²) in [4.78, 5) is 23.7. The van der Waals surface area contributed by atoms with Crippen LogP contribution in [-0.4, -0.2) is 18.5 Å². The molecule has 0 unspecified atom stereocenters. The topological polar surface area (TPSA) is 52.6 Å². The van der Waals surface area contributed by atoms with Crippen molar-refractivity contribution in [3.63, 3.8) is 0 Å². The van der Waals surface area contributed by atoms with Gasteiger partial charge in [0.05, 0.1) is 22.6 Å². The average Bonchev–Trinajstić information content (AvgIpc) is 2.50. The predicted molar refractivity (Wildman–Crippen MR) is 82.3 cm³/mol. The molecule has 0 radical (unpaired) electrons. The molecule has 0 bridgehead atoms. The smallest absolute Gasteiger partial charge is 0.338 e. The fourth-order valence-corrected chi connectivity index (χ4v) is 2.91. The number of halogens is 1. The number of rotatable bonds is 4. The first kappa shape index (κ1) is 16.0. The number of benzene rings is 1. The zero-order valence-electron chi connectivity index (χ0n) is 12.1. The van der Waals surface area contributed by atoms with Gasteiger partial charge in [0.15, 0.2) is 0 Å². The summed E-state index contributed by atoms with van der Waals surface area (Å²) in [6.07, 6.45) is 5.17. The van der Waals surface area contributed by atoms with Crippen LogP contribution in [0.4, 0.5) is 0 Å². The van der Waals surface area contributed by atoms with E-state index in [9.17, 15) is 9.59 Å². The number of carbonyl (C=O) groups is 2. The Morgan fingerprint density at radius 3 is 2.57 bits per heavy atom. The Balaban J connectivity index is 2.03. The fourth-order valence-electron chi connectivity index (χ4n) is 2.46. The van der Waals surface area contributed by atoms with Crippen molar-refractivity contribution in [2.45, 2.75) is 39.0 Å². The van der Waals surface area contributed by atoms with E-state index in [0.29, 0.717) is 22.4 Å². The van der Waals surface area contributed by atoms with Crippen LogP contribution in [0, 0.1) is 5.92 Å². The molecule has 1 aromatic carbocycles. The zero-order chi connectivity index (χ0) is 15.2. The lowest BCUT2D eigenvalue weighted by Gasteiger charge is -2.20. The maximum atomic E-state index is 12.1. The van der Waals surface area contributed by atoms with Crippen LogP contribution in [0.1, 0.15) is 49.4 Å². The molecule has 0 heterocycles. The Bertz CT molecular complexity index is 521. The lowest BCUT2D eigenvalue weighted by atomic mass is 9.89. The third-order valence-corrected chi connectivity index (χ3v) is 4.21. The minimum Gasteiger partial charge on any atom is -0.462 e. The average molecular weight is 355 g/mol. The number of hydrogen-bond donors (Lipinski definition) is 0. The van der Waals surface area contributed by atoms with E-state index in [4.69, 9.17) is 9.47 Å². The molecule has 1 aliphatic carbocycles. The lowest BCUT2D eigenvalue weighted by Crippen LogP contribution is -2.22. The predicted octanol–water partition coefficient (Wildman–Crippen LogP) is 4.11. The van der Waals surface area contributed by atoms with Gasteiger partial charge < -0.3 is 9.47 Å². The highest BCUT2D eigenvalue weighted by Gasteiger charge is 2.23. The molecule has 21 heavy (non-hydrogen) atoms. The molecule has 4 nitrogen and oxygen atoms in total. The largest absolute Gasteiger partial charge is 0.462 e. The number of hydrogen-bond acceptors (Lipinski definition) is 4. The van der Waals surface area contributed by atoms with E-state index in [2.05, 4.69) is 15.9 Å². The first-order chi connectivity index (χ1) is 10.1. The van der Waals surface area contributed by atoms with Gasteiger partial charge in [0, 0.05) is 0 Å². The van der Waals surface area contributed by atoms with Gasteiger partial charge >= 0.3 is 11.9 Å². The SMILES string of the molecule is CCOC(=O)c1ccc(OC(=O)C2CCCCC2)c(Br)c1. The Labute approximate surface area is 132 Å². The minimum absolute atomic E-state index is 0.00427. The molecule has 1 saturated carbocycles. The van der Waals surface area contributed by atoms with Crippen LogP contribution < -0.4 is 4.74 Å². The van der Waals surface area contributed by atoms with Gasteiger partial charge in [0.2, 0.25) is 0 Å². The molecule has 0 N–H and O–H groups in total. The molecule has 0 spiro atoms. The van der Waals surface area contributed by atoms with Crippen LogP contribution in [0.3, 0.4) is 0 Å². The third kappa shape index (κ3) is 4.30. The van der Waals surface area contributed by atoms with Crippen molar-refractivity contribution < 1.29 is 19.1 Å². The zero-order valence-corrected chi connectivity index (χ0v) is 13.6. The molecule has 0 amide bonds. The first-order valence-corrected chi connectivity index (χ1v) is 8.09. The molecular formula is C16H19BrO4. The van der Waals surface area contributed by atoms with Crippen LogP contribution in [-0.2, 0) is 9.53 Å². The quantitative estimate of drug-likeness (QED) is 0.602. The second-order valence-corrected chi connectivity index (χ2v) is 5.98. The molecule has 0 saturated heterocycles. The van der Waals surface area contributed by atoms with Crippen molar-refractivity contribution >= 4 is 27.9 Å². The van der Waals surface area contributed by atoms with Gasteiger partial charge in [0.25, 0.3) is 0 Å². The number of esters is 2. The normalized spacial score (nSPS) is 15.5. The summed E-state index contributed by atoms with van der Waals surface area (Å²) in [5.41, 5.74) is 0.432. The summed E-state index contributed by atoms with van der Waals surface area (Å²) in [5.74, 6) is -0.128. The van der Waals surface area contributed by atoms with E-state index in [1.807, 2.05) is 0 Å². The van der Waals surface area contributed by atoms with Crippen LogP contribution >= 0.6 is 15.9 Å². The van der Waals surface area contributed by atoms with Crippen LogP contribution in [0.15, 0.2) is 22.7 Å². The fraction of sp³-hybridized carbons (Fsp3) is 0.500. The highest BCUT2D eigenvalue weighted by atomic mass is 79.9. The molecule has 0 aliphatic heterocycles. The number of ether oxygens (including phenoxy) is 2. The van der Waals surface area contributed by atoms with E-state index in [1.54, 1.807) is 25.1 Å². The summed E-state index contributed by atoms with van der Waals surface area (Å²) >= 11 is 3.33. The second kappa shape index (κ2) is 7.59. The van der Waals surface area contributed by atoms with E-state index < -0.39 is 0 Å². The summed E-state index contributed by atoms with van der Waals surface area (Å²) in [6, 6.07) is 4.84. The lowest BCUT2D eigenvalue weighted by molar-refractivity contribution is -0.140. The van der Waals surface area contributed by atoms with Crippen molar-refractivity contribution in [2.24, 2.45) is 5.92 Å². The van der Waals surface area contributed by atoms with Crippen LogP contribution in [0.25, 0.3) is 0 Å². The number of carbonyl (C=O) groups excluding carboxylic acids is 2. The molecular weight excluding hydrogens is 336 g/mol. The molecule has 114 valence electrons. The standard InChI is InChI=1S/C16H19BrO4/c1-2-20-15(18)12-8-9-14(13(17)10-12)21-16(19)11-6-4-3-5-7-11/h8-11H,2-7H2,1H3. The van der Waals surface area contributed by atoms with E-state index in [-0.39, 0.29) is 17.9 Å². The van der Waals surface area contributed by atoms with E-state index in [1.165, 1.54) is 6.42 Å². The molecule has 1 fully saturated rings. The first-order valence-electron chi connectivity index (χ1n) is 7.30. The Morgan fingerprint density at radius 1 is 1.24 bits per heavy atom. The van der Waals surface area contributed by atoms with E-state index >= 15 is 0 Å². The second-order valence-electron chi connectivity index (χ2n) is 5.12. The van der Waals surface area contributed by atoms with Crippen LogP contribution in [0.5, 0.6) is 5.75 Å². The van der Waals surface area contributed by atoms with Crippen molar-refractivity contribution in [2.75, 3.05) is 6.61 Å². The summed E-state index contributed by atoms with van der Waals surface area (Å²) in [7, 11) is 0. The van der Waals surface area contributed by atoms with Crippen molar-refractivity contribution in [3.8, 4) is 5.75 Å². The molecule has 2 rings (SSSR count). The van der Waals surface area contributed by atoms with Gasteiger partial charge in [-0.3, -0.25) is 4.79 Å². The Morgan fingerprint density at radius 2 is 1.95 bits per heavy atom. The third-order valence-electron chi connectivity index (χ3n) is 3.59. The van der Waals surface area contributed by atoms with Crippen LogP contribution in [0.2, 0.25) is 0 Å². The van der Waals surface area contributed by atoms with Gasteiger partial charge in [0.1, 0.15) is 5.75 Å². The van der Waals surface area contributed by atoms with Crippen molar-refractivity contribution in [3.05, 3.63) is 28.2 Å². The van der Waals surface area contributed by atoms with Crippen molar-refractivity contribution in [1.82, 2.24) is 0 Å². The highest BCUT2D eigenvalue weighted by Crippen LogP contribution is 2.30. The highest BCUT2D eigenvalue weighted by molar-refractivity contribution is 9.10. The van der Waals surface area contributed by atoms with Gasteiger partial charge in [-0.25, -0.2) is 4.79 Å². The molecule has 5 heteroatoms. The summed E-state index contributed by atoms with van der Waals surface area (Å²) < 4.78 is 11.0. The minimum atomic E-state index is -0.386. The Kier molecular flexibility index (Phi) is 5.79.